The molecule has 2 aromatic carbocycles. The third-order valence-electron chi connectivity index (χ3n) is 5.55. The number of nitrogens with zero attached hydrogens (tertiary/aromatic N) is 2. The van der Waals surface area contributed by atoms with Gasteiger partial charge in [-0.15, -0.1) is 0 Å². The highest BCUT2D eigenvalue weighted by molar-refractivity contribution is 6.35. The number of hydrogen-bond donors (Lipinski definition) is 0. The molecule has 1 atom stereocenters. The second-order valence-corrected chi connectivity index (χ2v) is 8.39. The number of rotatable bonds is 4. The first-order valence-electron chi connectivity index (χ1n) is 9.88. The Balaban J connectivity index is 1.44. The molecule has 0 saturated carbocycles. The highest BCUT2D eigenvalue weighted by Gasteiger charge is 2.28. The van der Waals surface area contributed by atoms with Crippen LogP contribution in [0.2, 0.25) is 10.0 Å². The van der Waals surface area contributed by atoms with E-state index in [1.807, 2.05) is 24.3 Å². The highest BCUT2D eigenvalue weighted by Crippen LogP contribution is 2.32. The molecule has 0 N–H and O–H groups in total. The highest BCUT2D eigenvalue weighted by atomic mass is 35.5. The van der Waals surface area contributed by atoms with Gasteiger partial charge in [-0.2, -0.15) is 0 Å². The Hall–Kier alpha value is -1.66. The van der Waals surface area contributed by atoms with Gasteiger partial charge >= 0.3 is 0 Å². The van der Waals surface area contributed by atoms with Gasteiger partial charge in [0.05, 0.1) is 18.2 Å². The Morgan fingerprint density at radius 3 is 2.52 bits per heavy atom. The van der Waals surface area contributed by atoms with Crippen LogP contribution in [0.4, 0.5) is 4.39 Å². The molecule has 7 heteroatoms. The Morgan fingerprint density at radius 2 is 1.79 bits per heavy atom. The smallest absolute Gasteiger partial charge is 0.254 e. The van der Waals surface area contributed by atoms with Crippen molar-refractivity contribution in [2.24, 2.45) is 0 Å². The summed E-state index contributed by atoms with van der Waals surface area (Å²) in [6.07, 6.45) is 2.04. The summed E-state index contributed by atoms with van der Waals surface area (Å²) in [7, 11) is 0. The van der Waals surface area contributed by atoms with Gasteiger partial charge in [0.2, 0.25) is 0 Å². The minimum Gasteiger partial charge on any atom is -0.370 e. The van der Waals surface area contributed by atoms with Gasteiger partial charge < -0.3 is 9.64 Å². The zero-order chi connectivity index (χ0) is 20.4. The van der Waals surface area contributed by atoms with Crippen molar-refractivity contribution in [1.82, 2.24) is 9.80 Å². The number of hydrogen-bond acceptors (Lipinski definition) is 3. The fourth-order valence-electron chi connectivity index (χ4n) is 3.94. The predicted octanol–water partition coefficient (Wildman–Crippen LogP) is 4.94. The Morgan fingerprint density at radius 1 is 1.07 bits per heavy atom. The van der Waals surface area contributed by atoms with Crippen LogP contribution in [0.15, 0.2) is 36.4 Å². The van der Waals surface area contributed by atoms with Gasteiger partial charge in [-0.3, -0.25) is 9.69 Å². The summed E-state index contributed by atoms with van der Waals surface area (Å²) >= 11 is 12.0. The van der Waals surface area contributed by atoms with E-state index in [1.54, 1.807) is 4.90 Å². The summed E-state index contributed by atoms with van der Waals surface area (Å²) in [5, 5.41) is 0.304. The number of amides is 1. The lowest BCUT2D eigenvalue weighted by molar-refractivity contribution is -0.0228. The number of halogens is 3. The lowest BCUT2D eigenvalue weighted by Gasteiger charge is -2.33. The molecule has 2 saturated heterocycles. The monoisotopic (exact) mass is 436 g/mol. The van der Waals surface area contributed by atoms with Crippen molar-refractivity contribution in [3.63, 3.8) is 0 Å². The molecule has 1 unspecified atom stereocenters. The first kappa shape index (κ1) is 20.6. The van der Waals surface area contributed by atoms with Crippen molar-refractivity contribution in [2.75, 3.05) is 32.8 Å². The average molecular weight is 437 g/mol. The largest absolute Gasteiger partial charge is 0.370 e. The van der Waals surface area contributed by atoms with E-state index in [0.29, 0.717) is 35.8 Å². The van der Waals surface area contributed by atoms with Crippen LogP contribution in [-0.2, 0) is 11.3 Å². The van der Waals surface area contributed by atoms with E-state index in [-0.39, 0.29) is 10.9 Å². The van der Waals surface area contributed by atoms with E-state index in [1.165, 1.54) is 30.5 Å². The number of carbonyl (C=O) groups is 1. The third kappa shape index (κ3) is 4.75. The Labute approximate surface area is 180 Å². The van der Waals surface area contributed by atoms with E-state index < -0.39 is 11.9 Å². The van der Waals surface area contributed by atoms with Crippen LogP contribution in [0.1, 0.15) is 40.4 Å². The molecule has 0 aliphatic carbocycles. The van der Waals surface area contributed by atoms with Gasteiger partial charge in [0.25, 0.3) is 5.91 Å². The molecule has 0 bridgehead atoms. The van der Waals surface area contributed by atoms with E-state index in [2.05, 4.69) is 4.90 Å². The number of carbonyl (C=O) groups excluding carboxylic acids is 1. The second kappa shape index (κ2) is 9.00. The zero-order valence-electron chi connectivity index (χ0n) is 16.0. The van der Waals surface area contributed by atoms with Gasteiger partial charge in [0.1, 0.15) is 11.9 Å². The van der Waals surface area contributed by atoms with Gasteiger partial charge in [0.15, 0.2) is 0 Å². The molecule has 0 radical (unpaired) electrons. The minimum absolute atomic E-state index is 0.0310. The molecule has 2 fully saturated rings. The maximum Gasteiger partial charge on any atom is 0.254 e. The van der Waals surface area contributed by atoms with Crippen molar-refractivity contribution < 1.29 is 13.9 Å². The van der Waals surface area contributed by atoms with Crippen molar-refractivity contribution in [3.8, 4) is 0 Å². The maximum absolute atomic E-state index is 13.9. The van der Waals surface area contributed by atoms with E-state index in [0.717, 1.165) is 19.6 Å². The second-order valence-electron chi connectivity index (χ2n) is 7.58. The van der Waals surface area contributed by atoms with E-state index >= 15 is 0 Å². The molecule has 4 nitrogen and oxygen atoms in total. The topological polar surface area (TPSA) is 32.8 Å². The molecule has 154 valence electrons. The van der Waals surface area contributed by atoms with E-state index in [9.17, 15) is 9.18 Å². The summed E-state index contributed by atoms with van der Waals surface area (Å²) < 4.78 is 19.6. The minimum atomic E-state index is -0.549. The number of likely N-dealkylation sites (tertiary alicyclic amines) is 1. The van der Waals surface area contributed by atoms with E-state index in [4.69, 9.17) is 27.9 Å². The van der Waals surface area contributed by atoms with Crippen LogP contribution in [0, 0.1) is 5.82 Å². The fourth-order valence-corrected chi connectivity index (χ4v) is 4.45. The number of ether oxygens (including phenoxy) is 1. The zero-order valence-corrected chi connectivity index (χ0v) is 17.6. The summed E-state index contributed by atoms with van der Waals surface area (Å²) in [5.41, 5.74) is 2.36. The quantitative estimate of drug-likeness (QED) is 0.636. The summed E-state index contributed by atoms with van der Waals surface area (Å²) in [6, 6.07) is 10.5. The summed E-state index contributed by atoms with van der Waals surface area (Å²) in [5.74, 6) is -0.608. The van der Waals surface area contributed by atoms with Gasteiger partial charge in [0, 0.05) is 29.2 Å². The van der Waals surface area contributed by atoms with Crippen LogP contribution in [-0.4, -0.2) is 48.5 Å². The van der Waals surface area contributed by atoms with Gasteiger partial charge in [-0.05, 0) is 55.8 Å². The maximum atomic E-state index is 13.9. The molecular formula is C22H23Cl2FN2O2. The molecule has 4 rings (SSSR count). The lowest BCUT2D eigenvalue weighted by Crippen LogP contribution is -2.42. The van der Waals surface area contributed by atoms with Crippen molar-refractivity contribution >= 4 is 29.1 Å². The molecule has 1 amide bonds. The summed E-state index contributed by atoms with van der Waals surface area (Å²) in [4.78, 5) is 17.1. The molecule has 2 heterocycles. The van der Waals surface area contributed by atoms with Crippen molar-refractivity contribution in [2.45, 2.75) is 25.5 Å². The van der Waals surface area contributed by atoms with Crippen LogP contribution in [0.25, 0.3) is 0 Å². The Bertz CT molecular complexity index is 885. The predicted molar refractivity (Wildman–Crippen MR) is 112 cm³/mol. The molecule has 2 aliphatic rings. The van der Waals surface area contributed by atoms with Crippen molar-refractivity contribution in [3.05, 3.63) is 69.0 Å². The molecular weight excluding hydrogens is 414 g/mol. The lowest BCUT2D eigenvalue weighted by atomic mass is 10.1. The van der Waals surface area contributed by atoms with Crippen LogP contribution in [0.3, 0.4) is 0 Å². The molecule has 29 heavy (non-hydrogen) atoms. The fraction of sp³-hybridized carbons (Fsp3) is 0.409. The molecule has 0 aromatic heterocycles. The standard InChI is InChI=1S/C22H23Cl2FN2O2/c23-18-12-19(24)20(25)11-17(18)21-14-27(9-10-29-21)22(28)16-5-3-15(4-6-16)13-26-7-1-2-8-26/h3-6,11-12,21H,1-2,7-10,13-14H2. The SMILES string of the molecule is O=C(c1ccc(CN2CCCC2)cc1)N1CCOC(c2cc(F)c(Cl)cc2Cl)C1. The van der Waals surface area contributed by atoms with Crippen LogP contribution >= 0.6 is 23.2 Å². The first-order chi connectivity index (χ1) is 14.0. The molecule has 2 aromatic rings. The van der Waals surface area contributed by atoms with Gasteiger partial charge in [-0.25, -0.2) is 4.39 Å². The molecule has 0 spiro atoms. The van der Waals surface area contributed by atoms with Crippen LogP contribution < -0.4 is 0 Å². The van der Waals surface area contributed by atoms with Crippen LogP contribution in [0.5, 0.6) is 0 Å². The van der Waals surface area contributed by atoms with Gasteiger partial charge in [-0.1, -0.05) is 35.3 Å². The average Bonchev–Trinajstić information content (AvgIpc) is 3.24. The normalized spacial score (nSPS) is 20.2. The Kier molecular flexibility index (Phi) is 6.40. The molecule has 2 aliphatic heterocycles. The summed E-state index contributed by atoms with van der Waals surface area (Å²) in [6.45, 7) is 4.37. The first-order valence-corrected chi connectivity index (χ1v) is 10.6. The van der Waals surface area contributed by atoms with Crippen molar-refractivity contribution in [1.29, 1.82) is 0 Å². The third-order valence-corrected chi connectivity index (χ3v) is 6.16. The number of benzene rings is 2. The number of morpholine rings is 1.